The zero-order chi connectivity index (χ0) is 14.0. The number of benzene rings is 1. The zero-order valence-corrected chi connectivity index (χ0v) is 12.0. The van der Waals surface area contributed by atoms with Gasteiger partial charge in [-0.2, -0.15) is 0 Å². The lowest BCUT2D eigenvalue weighted by Crippen LogP contribution is -2.53. The van der Waals surface area contributed by atoms with Gasteiger partial charge >= 0.3 is 6.03 Å². The standard InChI is InChI=1S/C15H23N3O/c1-11(2)13-4-6-14(7-5-13)18-10-12(8-16)9-17(3)15(18)19/h4-7,11-12H,8-10,16H2,1-3H3. The predicted octanol–water partition coefficient (Wildman–Crippen LogP) is 2.26. The van der Waals surface area contributed by atoms with Crippen LogP contribution in [-0.4, -0.2) is 37.6 Å². The molecule has 1 fully saturated rings. The van der Waals surface area contributed by atoms with Gasteiger partial charge in [0.1, 0.15) is 0 Å². The molecule has 4 nitrogen and oxygen atoms in total. The third-order valence-corrected chi connectivity index (χ3v) is 3.74. The maximum atomic E-state index is 12.2. The van der Waals surface area contributed by atoms with E-state index >= 15 is 0 Å². The van der Waals surface area contributed by atoms with Crippen LogP contribution >= 0.6 is 0 Å². The van der Waals surface area contributed by atoms with Crippen molar-refractivity contribution >= 4 is 11.7 Å². The van der Waals surface area contributed by atoms with Crippen molar-refractivity contribution in [3.63, 3.8) is 0 Å². The first kappa shape index (κ1) is 13.9. The highest BCUT2D eigenvalue weighted by molar-refractivity contribution is 5.92. The van der Waals surface area contributed by atoms with E-state index in [-0.39, 0.29) is 6.03 Å². The molecule has 1 heterocycles. The fourth-order valence-electron chi connectivity index (χ4n) is 2.47. The minimum atomic E-state index is 0.0574. The number of urea groups is 1. The number of hydrogen-bond donors (Lipinski definition) is 1. The van der Waals surface area contributed by atoms with Gasteiger partial charge in [-0.15, -0.1) is 0 Å². The number of nitrogens with two attached hydrogens (primary N) is 1. The summed E-state index contributed by atoms with van der Waals surface area (Å²) in [6, 6.07) is 8.31. The maximum Gasteiger partial charge on any atom is 0.324 e. The fourth-order valence-corrected chi connectivity index (χ4v) is 2.47. The van der Waals surface area contributed by atoms with Crippen LogP contribution in [0.3, 0.4) is 0 Å². The first-order valence-corrected chi connectivity index (χ1v) is 6.85. The molecular weight excluding hydrogens is 238 g/mol. The van der Waals surface area contributed by atoms with E-state index in [1.807, 2.05) is 24.1 Å². The minimum absolute atomic E-state index is 0.0574. The second-order valence-electron chi connectivity index (χ2n) is 5.62. The Balaban J connectivity index is 2.21. The number of amides is 2. The lowest BCUT2D eigenvalue weighted by Gasteiger charge is -2.38. The van der Waals surface area contributed by atoms with Crippen molar-refractivity contribution in [3.05, 3.63) is 29.8 Å². The molecular formula is C15H23N3O. The van der Waals surface area contributed by atoms with Crippen molar-refractivity contribution in [2.45, 2.75) is 19.8 Å². The number of hydrogen-bond acceptors (Lipinski definition) is 2. The summed E-state index contributed by atoms with van der Waals surface area (Å²) in [5, 5.41) is 0. The molecule has 0 aliphatic carbocycles. The Morgan fingerprint density at radius 1 is 1.26 bits per heavy atom. The summed E-state index contributed by atoms with van der Waals surface area (Å²) in [7, 11) is 1.83. The highest BCUT2D eigenvalue weighted by atomic mass is 16.2. The maximum absolute atomic E-state index is 12.2. The summed E-state index contributed by atoms with van der Waals surface area (Å²) in [6.07, 6.45) is 0. The van der Waals surface area contributed by atoms with Crippen molar-refractivity contribution in [3.8, 4) is 0 Å². The summed E-state index contributed by atoms with van der Waals surface area (Å²) in [4.78, 5) is 15.8. The van der Waals surface area contributed by atoms with Gasteiger partial charge in [0.2, 0.25) is 0 Å². The van der Waals surface area contributed by atoms with Crippen LogP contribution in [0.5, 0.6) is 0 Å². The predicted molar refractivity (Wildman–Crippen MR) is 78.4 cm³/mol. The first-order valence-electron chi connectivity index (χ1n) is 6.85. The van der Waals surface area contributed by atoms with Gasteiger partial charge in [0.05, 0.1) is 0 Å². The summed E-state index contributed by atoms with van der Waals surface area (Å²) in [5.74, 6) is 0.845. The number of rotatable bonds is 3. The normalized spacial score (nSPS) is 20.3. The minimum Gasteiger partial charge on any atom is -0.330 e. The molecule has 1 aromatic rings. The molecule has 0 radical (unpaired) electrons. The van der Waals surface area contributed by atoms with Crippen LogP contribution in [-0.2, 0) is 0 Å². The van der Waals surface area contributed by atoms with Crippen LogP contribution in [0, 0.1) is 5.92 Å². The molecule has 1 atom stereocenters. The van der Waals surface area contributed by atoms with Crippen LogP contribution in [0.1, 0.15) is 25.3 Å². The van der Waals surface area contributed by atoms with E-state index in [1.165, 1.54) is 5.56 Å². The van der Waals surface area contributed by atoms with E-state index in [2.05, 4.69) is 26.0 Å². The Bertz CT molecular complexity index is 441. The molecule has 19 heavy (non-hydrogen) atoms. The third kappa shape index (κ3) is 2.89. The van der Waals surface area contributed by atoms with Crippen molar-refractivity contribution in [1.82, 2.24) is 4.90 Å². The molecule has 1 aromatic carbocycles. The van der Waals surface area contributed by atoms with Gasteiger partial charge in [0.25, 0.3) is 0 Å². The Morgan fingerprint density at radius 2 is 1.89 bits per heavy atom. The van der Waals surface area contributed by atoms with Crippen LogP contribution < -0.4 is 10.6 Å². The number of anilines is 1. The Kier molecular flexibility index (Phi) is 4.10. The van der Waals surface area contributed by atoms with Gasteiger partial charge in [-0.3, -0.25) is 4.90 Å². The number of carbonyl (C=O) groups excluding carboxylic acids is 1. The summed E-state index contributed by atoms with van der Waals surface area (Å²) < 4.78 is 0. The van der Waals surface area contributed by atoms with Crippen molar-refractivity contribution in [2.75, 3.05) is 31.6 Å². The average molecular weight is 261 g/mol. The molecule has 1 saturated heterocycles. The van der Waals surface area contributed by atoms with Gasteiger partial charge in [0, 0.05) is 31.7 Å². The summed E-state index contributed by atoms with van der Waals surface area (Å²) >= 11 is 0. The zero-order valence-electron chi connectivity index (χ0n) is 12.0. The van der Waals surface area contributed by atoms with Crippen molar-refractivity contribution in [1.29, 1.82) is 0 Å². The van der Waals surface area contributed by atoms with E-state index in [4.69, 9.17) is 5.73 Å². The molecule has 4 heteroatoms. The Hall–Kier alpha value is -1.55. The van der Waals surface area contributed by atoms with E-state index in [9.17, 15) is 4.79 Å². The molecule has 1 aliphatic heterocycles. The molecule has 0 aromatic heterocycles. The molecule has 2 amide bonds. The van der Waals surface area contributed by atoms with Crippen LogP contribution in [0.25, 0.3) is 0 Å². The van der Waals surface area contributed by atoms with Gasteiger partial charge < -0.3 is 10.6 Å². The largest absolute Gasteiger partial charge is 0.330 e. The van der Waals surface area contributed by atoms with Gasteiger partial charge in [-0.1, -0.05) is 26.0 Å². The number of nitrogens with zero attached hydrogens (tertiary/aromatic N) is 2. The van der Waals surface area contributed by atoms with Crippen LogP contribution in [0.2, 0.25) is 0 Å². The topological polar surface area (TPSA) is 49.6 Å². The summed E-state index contributed by atoms with van der Waals surface area (Å²) in [5.41, 5.74) is 8.00. The van der Waals surface area contributed by atoms with Crippen molar-refractivity contribution < 1.29 is 4.79 Å². The number of carbonyl (C=O) groups is 1. The molecule has 104 valence electrons. The van der Waals surface area contributed by atoms with E-state index in [0.29, 0.717) is 24.9 Å². The second kappa shape index (κ2) is 5.61. The second-order valence-corrected chi connectivity index (χ2v) is 5.62. The molecule has 2 N–H and O–H groups in total. The van der Waals surface area contributed by atoms with E-state index < -0.39 is 0 Å². The molecule has 0 saturated carbocycles. The van der Waals surface area contributed by atoms with E-state index in [1.54, 1.807) is 4.90 Å². The lowest BCUT2D eigenvalue weighted by molar-refractivity contribution is 0.194. The molecule has 2 rings (SSSR count). The molecule has 0 spiro atoms. The Morgan fingerprint density at radius 3 is 2.42 bits per heavy atom. The molecule has 0 bridgehead atoms. The first-order chi connectivity index (χ1) is 9.02. The van der Waals surface area contributed by atoms with Crippen LogP contribution in [0.4, 0.5) is 10.5 Å². The highest BCUT2D eigenvalue weighted by Crippen LogP contribution is 2.24. The third-order valence-electron chi connectivity index (χ3n) is 3.74. The van der Waals surface area contributed by atoms with Crippen molar-refractivity contribution in [2.24, 2.45) is 11.7 Å². The quantitative estimate of drug-likeness (QED) is 0.907. The van der Waals surface area contributed by atoms with Crippen LogP contribution in [0.15, 0.2) is 24.3 Å². The van der Waals surface area contributed by atoms with E-state index in [0.717, 1.165) is 12.2 Å². The Labute approximate surface area is 115 Å². The van der Waals surface area contributed by atoms with Gasteiger partial charge in [-0.05, 0) is 30.2 Å². The van der Waals surface area contributed by atoms with Gasteiger partial charge in [-0.25, -0.2) is 4.79 Å². The smallest absolute Gasteiger partial charge is 0.324 e. The summed E-state index contributed by atoms with van der Waals surface area (Å²) in [6.45, 7) is 6.40. The lowest BCUT2D eigenvalue weighted by atomic mass is 10.0. The average Bonchev–Trinajstić information content (AvgIpc) is 2.41. The van der Waals surface area contributed by atoms with Gasteiger partial charge in [0.15, 0.2) is 0 Å². The molecule has 1 aliphatic rings. The monoisotopic (exact) mass is 261 g/mol. The molecule has 1 unspecified atom stereocenters. The highest BCUT2D eigenvalue weighted by Gasteiger charge is 2.29. The fraction of sp³-hybridized carbons (Fsp3) is 0.533. The SMILES string of the molecule is CC(C)c1ccc(N2CC(CN)CN(C)C2=O)cc1.